The van der Waals surface area contributed by atoms with Crippen LogP contribution in [0.3, 0.4) is 0 Å². The Balaban J connectivity index is 2.40. The second-order valence-corrected chi connectivity index (χ2v) is 3.97. The fourth-order valence-corrected chi connectivity index (χ4v) is 1.48. The Bertz CT molecular complexity index is 350. The first-order valence-corrected chi connectivity index (χ1v) is 5.19. The topological polar surface area (TPSA) is 53.6 Å². The minimum atomic E-state index is -0.408. The van der Waals surface area contributed by atoms with Crippen LogP contribution in [-0.4, -0.2) is 22.1 Å². The van der Waals surface area contributed by atoms with E-state index in [-0.39, 0.29) is 0 Å². The number of hydrogen-bond acceptors (Lipinski definition) is 3. The van der Waals surface area contributed by atoms with Gasteiger partial charge in [-0.3, -0.25) is 0 Å². The van der Waals surface area contributed by atoms with Crippen LogP contribution in [0.2, 0.25) is 0 Å². The molecular weight excluding hydrogens is 188 g/mol. The molecule has 82 valence electrons. The summed E-state index contributed by atoms with van der Waals surface area (Å²) < 4.78 is 2.10. The van der Waals surface area contributed by atoms with E-state index in [4.69, 9.17) is 5.26 Å². The Labute approximate surface area is 90.9 Å². The van der Waals surface area contributed by atoms with Gasteiger partial charge in [-0.15, -0.1) is 0 Å². The van der Waals surface area contributed by atoms with E-state index in [0.717, 1.165) is 25.2 Å². The van der Waals surface area contributed by atoms with Crippen molar-refractivity contribution in [2.75, 3.05) is 7.05 Å². The lowest BCUT2D eigenvalue weighted by atomic mass is 9.98. The van der Waals surface area contributed by atoms with Gasteiger partial charge in [0.2, 0.25) is 0 Å². The predicted octanol–water partition coefficient (Wildman–Crippen LogP) is 1.47. The zero-order valence-corrected chi connectivity index (χ0v) is 9.62. The fraction of sp³-hybridized carbons (Fsp3) is 0.636. The molecule has 4 heteroatoms. The molecule has 1 N–H and O–H groups in total. The molecule has 0 saturated carbocycles. The molecule has 1 unspecified atom stereocenters. The largest absolute Gasteiger partial charge is 0.335 e. The third-order valence-corrected chi connectivity index (χ3v) is 2.80. The number of hydrogen-bond donors (Lipinski definition) is 1. The lowest BCUT2D eigenvalue weighted by Gasteiger charge is -2.20. The number of nitrogens with zero attached hydrogens (tertiary/aromatic N) is 3. The number of imidazole rings is 1. The highest BCUT2D eigenvalue weighted by molar-refractivity contribution is 5.02. The minimum absolute atomic E-state index is 0.408. The highest BCUT2D eigenvalue weighted by Gasteiger charge is 2.19. The van der Waals surface area contributed by atoms with Crippen LogP contribution in [0.1, 0.15) is 25.6 Å². The van der Waals surface area contributed by atoms with Gasteiger partial charge >= 0.3 is 0 Å². The summed E-state index contributed by atoms with van der Waals surface area (Å²) in [6.45, 7) is 4.83. The van der Waals surface area contributed by atoms with Crippen LogP contribution in [0.5, 0.6) is 0 Å². The lowest BCUT2D eigenvalue weighted by molar-refractivity contribution is 0.422. The second-order valence-electron chi connectivity index (χ2n) is 3.97. The van der Waals surface area contributed by atoms with Crippen molar-refractivity contribution in [3.63, 3.8) is 0 Å². The van der Waals surface area contributed by atoms with Gasteiger partial charge in [0.15, 0.2) is 0 Å². The monoisotopic (exact) mass is 206 g/mol. The molecule has 1 aromatic heterocycles. The molecule has 4 nitrogen and oxygen atoms in total. The average molecular weight is 206 g/mol. The molecule has 0 aromatic carbocycles. The summed E-state index contributed by atoms with van der Waals surface area (Å²) in [5, 5.41) is 12.0. The van der Waals surface area contributed by atoms with Gasteiger partial charge in [0.1, 0.15) is 11.4 Å². The Morgan fingerprint density at radius 2 is 2.40 bits per heavy atom. The highest BCUT2D eigenvalue weighted by Crippen LogP contribution is 2.11. The molecule has 1 rings (SSSR count). The van der Waals surface area contributed by atoms with Crippen molar-refractivity contribution < 1.29 is 0 Å². The molecule has 15 heavy (non-hydrogen) atoms. The van der Waals surface area contributed by atoms with Crippen LogP contribution in [0, 0.1) is 18.3 Å². The standard InChI is InChI=1S/C11H18N4/c1-10-14-6-8-15(10)7-4-5-11(2,9-12)13-3/h6,8,13H,4-5,7H2,1-3H3. The molecule has 0 spiro atoms. The van der Waals surface area contributed by atoms with Crippen molar-refractivity contribution in [1.29, 1.82) is 5.26 Å². The zero-order valence-electron chi connectivity index (χ0n) is 9.62. The molecule has 0 fully saturated rings. The second kappa shape index (κ2) is 4.94. The van der Waals surface area contributed by atoms with Gasteiger partial charge < -0.3 is 9.88 Å². The van der Waals surface area contributed by atoms with E-state index >= 15 is 0 Å². The van der Waals surface area contributed by atoms with Gasteiger partial charge in [0.05, 0.1) is 6.07 Å². The highest BCUT2D eigenvalue weighted by atomic mass is 15.0. The van der Waals surface area contributed by atoms with E-state index in [2.05, 4.69) is 20.9 Å². The fourth-order valence-electron chi connectivity index (χ4n) is 1.48. The number of aryl methyl sites for hydroxylation is 2. The molecule has 0 radical (unpaired) electrons. The molecule has 0 bridgehead atoms. The number of nitrogens with one attached hydrogen (secondary N) is 1. The molecule has 0 aliphatic heterocycles. The first-order valence-electron chi connectivity index (χ1n) is 5.19. The van der Waals surface area contributed by atoms with Gasteiger partial charge in [-0.2, -0.15) is 5.26 Å². The summed E-state index contributed by atoms with van der Waals surface area (Å²) in [6.07, 6.45) is 5.59. The quantitative estimate of drug-likeness (QED) is 0.793. The van der Waals surface area contributed by atoms with Gasteiger partial charge in [-0.25, -0.2) is 4.98 Å². The van der Waals surface area contributed by atoms with Gasteiger partial charge in [0.25, 0.3) is 0 Å². The summed E-state index contributed by atoms with van der Waals surface area (Å²) >= 11 is 0. The summed E-state index contributed by atoms with van der Waals surface area (Å²) in [4.78, 5) is 4.15. The van der Waals surface area contributed by atoms with Gasteiger partial charge in [-0.05, 0) is 33.7 Å². The molecule has 0 saturated heterocycles. The smallest absolute Gasteiger partial charge is 0.105 e. The number of rotatable bonds is 5. The Hall–Kier alpha value is -1.34. The van der Waals surface area contributed by atoms with Crippen LogP contribution in [0.25, 0.3) is 0 Å². The Kier molecular flexibility index (Phi) is 3.87. The van der Waals surface area contributed by atoms with E-state index in [1.807, 2.05) is 27.1 Å². The SMILES string of the molecule is CNC(C)(C#N)CCCn1ccnc1C. The first-order chi connectivity index (χ1) is 7.11. The Morgan fingerprint density at radius 3 is 2.87 bits per heavy atom. The van der Waals surface area contributed by atoms with Crippen LogP contribution in [-0.2, 0) is 6.54 Å². The van der Waals surface area contributed by atoms with E-state index < -0.39 is 5.54 Å². The van der Waals surface area contributed by atoms with E-state index in [0.29, 0.717) is 0 Å². The minimum Gasteiger partial charge on any atom is -0.335 e. The van der Waals surface area contributed by atoms with E-state index in [1.165, 1.54) is 0 Å². The van der Waals surface area contributed by atoms with Crippen molar-refractivity contribution in [3.05, 3.63) is 18.2 Å². The Morgan fingerprint density at radius 1 is 1.67 bits per heavy atom. The summed E-state index contributed by atoms with van der Waals surface area (Å²) in [7, 11) is 1.83. The van der Waals surface area contributed by atoms with Crippen molar-refractivity contribution in [1.82, 2.24) is 14.9 Å². The van der Waals surface area contributed by atoms with Gasteiger partial charge in [0, 0.05) is 18.9 Å². The molecule has 1 aromatic rings. The summed E-state index contributed by atoms with van der Waals surface area (Å²) in [6, 6.07) is 2.29. The van der Waals surface area contributed by atoms with Crippen LogP contribution >= 0.6 is 0 Å². The molecule has 0 aliphatic rings. The number of nitriles is 1. The molecule has 0 amide bonds. The maximum atomic E-state index is 8.97. The van der Waals surface area contributed by atoms with Crippen molar-refractivity contribution in [2.45, 2.75) is 38.8 Å². The lowest BCUT2D eigenvalue weighted by Crippen LogP contribution is -2.38. The first kappa shape index (κ1) is 11.7. The average Bonchev–Trinajstić information content (AvgIpc) is 2.64. The molecule has 1 atom stereocenters. The number of aromatic nitrogens is 2. The molecular formula is C11H18N4. The van der Waals surface area contributed by atoms with E-state index in [9.17, 15) is 0 Å². The third kappa shape index (κ3) is 3.07. The van der Waals surface area contributed by atoms with Crippen molar-refractivity contribution in [3.8, 4) is 6.07 Å². The third-order valence-electron chi connectivity index (χ3n) is 2.80. The molecule has 1 heterocycles. The van der Waals surface area contributed by atoms with Crippen LogP contribution in [0.15, 0.2) is 12.4 Å². The normalized spacial score (nSPS) is 14.5. The van der Waals surface area contributed by atoms with Crippen LogP contribution < -0.4 is 5.32 Å². The zero-order chi connectivity index (χ0) is 11.3. The predicted molar refractivity (Wildman–Crippen MR) is 59.3 cm³/mol. The van der Waals surface area contributed by atoms with Gasteiger partial charge in [-0.1, -0.05) is 0 Å². The maximum absolute atomic E-state index is 8.97. The molecule has 0 aliphatic carbocycles. The van der Waals surface area contributed by atoms with Crippen molar-refractivity contribution >= 4 is 0 Å². The van der Waals surface area contributed by atoms with E-state index in [1.54, 1.807) is 6.20 Å². The van der Waals surface area contributed by atoms with Crippen molar-refractivity contribution in [2.24, 2.45) is 0 Å². The summed E-state index contributed by atoms with van der Waals surface area (Å²) in [5.74, 6) is 1.03. The summed E-state index contributed by atoms with van der Waals surface area (Å²) in [5.41, 5.74) is -0.408. The maximum Gasteiger partial charge on any atom is 0.105 e. The van der Waals surface area contributed by atoms with Crippen LogP contribution in [0.4, 0.5) is 0 Å².